The summed E-state index contributed by atoms with van der Waals surface area (Å²) in [6.07, 6.45) is -13.0. The predicted molar refractivity (Wildman–Crippen MR) is 164 cm³/mol. The van der Waals surface area contributed by atoms with Gasteiger partial charge in [0.25, 0.3) is 5.95 Å². The number of benzene rings is 2. The topological polar surface area (TPSA) is 93.5 Å². The molecule has 2 aromatic carbocycles. The molecule has 5 rings (SSSR count). The van der Waals surface area contributed by atoms with Gasteiger partial charge in [-0.1, -0.05) is 5.10 Å². The molecule has 1 unspecified atom stereocenters. The van der Waals surface area contributed by atoms with Crippen molar-refractivity contribution in [2.75, 3.05) is 16.4 Å². The van der Waals surface area contributed by atoms with Crippen LogP contribution in [0.15, 0.2) is 36.4 Å². The van der Waals surface area contributed by atoms with E-state index in [1.165, 1.54) is 16.8 Å². The van der Waals surface area contributed by atoms with Crippen molar-refractivity contribution < 1.29 is 53.8 Å². The number of aromatic nitrogens is 4. The molecule has 0 saturated heterocycles. The van der Waals surface area contributed by atoms with Crippen molar-refractivity contribution in [3.8, 4) is 0 Å². The van der Waals surface area contributed by atoms with E-state index in [9.17, 15) is 49.1 Å². The Morgan fingerprint density at radius 1 is 0.882 bits per heavy atom. The summed E-state index contributed by atoms with van der Waals surface area (Å²) >= 11 is 0. The Morgan fingerprint density at radius 3 is 2.02 bits per heavy atom. The number of amides is 1. The maximum absolute atomic E-state index is 14.1. The molecule has 18 heteroatoms. The molecule has 2 atom stereocenters. The number of tetrazole rings is 1. The van der Waals surface area contributed by atoms with Gasteiger partial charge in [-0.2, -0.15) is 44.3 Å². The zero-order valence-corrected chi connectivity index (χ0v) is 27.7. The van der Waals surface area contributed by atoms with E-state index in [0.717, 1.165) is 23.0 Å². The van der Waals surface area contributed by atoms with Crippen LogP contribution in [-0.2, 0) is 46.4 Å². The van der Waals surface area contributed by atoms with Crippen LogP contribution in [0, 0.1) is 11.8 Å². The fourth-order valence-electron chi connectivity index (χ4n) is 6.92. The standard InChI is InChI=1S/C33H35F9N6O3/c1-4-51-28(49)14-19-5-7-21(8-6-19)29(50)48-18(2)11-27(25-16-22(31(34,35)36)9-10-26(25)48)47(30-43-45-46(3)44-30)17-20-12-23(32(37,38)39)15-24(13-20)33(40,41)42/h9-10,12-13,15-16,18-19,21,27H,4-8,11,14,17H2,1-3H3/t18-,19?,21?,27?/m1/s1. The highest BCUT2D eigenvalue weighted by Crippen LogP contribution is 2.46. The first-order valence-electron chi connectivity index (χ1n) is 16.2. The highest BCUT2D eigenvalue weighted by molar-refractivity contribution is 5.97. The van der Waals surface area contributed by atoms with Crippen molar-refractivity contribution in [3.63, 3.8) is 0 Å². The Morgan fingerprint density at radius 2 is 1.49 bits per heavy atom. The first-order chi connectivity index (χ1) is 23.8. The van der Waals surface area contributed by atoms with Crippen LogP contribution in [0.25, 0.3) is 0 Å². The second-order valence-corrected chi connectivity index (χ2v) is 12.9. The van der Waals surface area contributed by atoms with Crippen LogP contribution in [0.2, 0.25) is 0 Å². The number of halogens is 9. The maximum Gasteiger partial charge on any atom is 0.416 e. The number of esters is 1. The zero-order valence-electron chi connectivity index (χ0n) is 27.7. The SMILES string of the molecule is CCOC(=O)CC1CCC(C(=O)N2c3ccc(C(F)(F)F)cc3C(N(Cc3cc(C(F)(F)F)cc(C(F)(F)F)c3)c3nnn(C)n3)C[C@H]2C)CC1. The number of rotatable bonds is 8. The largest absolute Gasteiger partial charge is 0.466 e. The predicted octanol–water partition coefficient (Wildman–Crippen LogP) is 7.90. The molecule has 1 aromatic heterocycles. The van der Waals surface area contributed by atoms with E-state index in [4.69, 9.17) is 4.74 Å². The summed E-state index contributed by atoms with van der Waals surface area (Å²) in [5.41, 5.74) is -4.58. The maximum atomic E-state index is 14.1. The molecule has 1 fully saturated rings. The fraction of sp³-hybridized carbons (Fsp3) is 0.545. The van der Waals surface area contributed by atoms with Crippen molar-refractivity contribution in [3.05, 3.63) is 64.2 Å². The highest BCUT2D eigenvalue weighted by Gasteiger charge is 2.43. The molecule has 2 aliphatic rings. The van der Waals surface area contributed by atoms with E-state index < -0.39 is 65.3 Å². The third-order valence-corrected chi connectivity index (χ3v) is 9.30. The lowest BCUT2D eigenvalue weighted by Gasteiger charge is -2.45. The number of aryl methyl sites for hydroxylation is 1. The Kier molecular flexibility index (Phi) is 10.6. The molecular weight excluding hydrogens is 699 g/mol. The summed E-state index contributed by atoms with van der Waals surface area (Å²) < 4.78 is 130. The van der Waals surface area contributed by atoms with Crippen molar-refractivity contribution in [2.45, 2.75) is 89.5 Å². The van der Waals surface area contributed by atoms with Crippen LogP contribution in [0.5, 0.6) is 0 Å². The minimum atomic E-state index is -5.14. The van der Waals surface area contributed by atoms with Gasteiger partial charge in [-0.25, -0.2) is 0 Å². The zero-order chi connectivity index (χ0) is 37.5. The van der Waals surface area contributed by atoms with Gasteiger partial charge in [0.2, 0.25) is 5.91 Å². The van der Waals surface area contributed by atoms with Crippen LogP contribution in [0.4, 0.5) is 51.1 Å². The summed E-state index contributed by atoms with van der Waals surface area (Å²) in [7, 11) is 1.36. The monoisotopic (exact) mass is 734 g/mol. The molecule has 9 nitrogen and oxygen atoms in total. The van der Waals surface area contributed by atoms with Gasteiger partial charge in [-0.05, 0) is 105 Å². The smallest absolute Gasteiger partial charge is 0.416 e. The third-order valence-electron chi connectivity index (χ3n) is 9.30. The lowest BCUT2D eigenvalue weighted by atomic mass is 9.79. The minimum Gasteiger partial charge on any atom is -0.466 e. The van der Waals surface area contributed by atoms with Crippen LogP contribution in [-0.4, -0.2) is 44.7 Å². The van der Waals surface area contributed by atoms with Crippen molar-refractivity contribution in [2.24, 2.45) is 18.9 Å². The number of alkyl halides is 9. The molecule has 2 heterocycles. The first kappa shape index (κ1) is 37.9. The summed E-state index contributed by atoms with van der Waals surface area (Å²) in [5.74, 6) is -1.42. The molecular formula is C33H35F9N6O3. The van der Waals surface area contributed by atoms with Gasteiger partial charge < -0.3 is 14.5 Å². The van der Waals surface area contributed by atoms with Gasteiger partial charge in [0.1, 0.15) is 0 Å². The summed E-state index contributed by atoms with van der Waals surface area (Å²) in [5, 5.41) is 11.8. The number of hydrogen-bond acceptors (Lipinski definition) is 7. The quantitative estimate of drug-likeness (QED) is 0.172. The molecule has 3 aromatic rings. The molecule has 1 aliphatic heterocycles. The van der Waals surface area contributed by atoms with E-state index in [1.807, 2.05) is 0 Å². The number of anilines is 2. The van der Waals surface area contributed by atoms with Gasteiger partial charge in [0.15, 0.2) is 0 Å². The first-order valence-corrected chi connectivity index (χ1v) is 16.2. The lowest BCUT2D eigenvalue weighted by Crippen LogP contribution is -2.49. The van der Waals surface area contributed by atoms with Gasteiger partial charge in [-0.3, -0.25) is 9.59 Å². The second kappa shape index (κ2) is 14.3. The van der Waals surface area contributed by atoms with Gasteiger partial charge in [0.05, 0.1) is 36.4 Å². The Bertz CT molecular complexity index is 1700. The molecule has 1 amide bonds. The lowest BCUT2D eigenvalue weighted by molar-refractivity contribution is -0.145. The molecule has 1 aliphatic carbocycles. The van der Waals surface area contributed by atoms with E-state index in [1.54, 1.807) is 13.8 Å². The Hall–Kier alpha value is -4.38. The van der Waals surface area contributed by atoms with Crippen LogP contribution in [0.3, 0.4) is 0 Å². The van der Waals surface area contributed by atoms with Crippen LogP contribution >= 0.6 is 0 Å². The number of hydrogen-bond donors (Lipinski definition) is 0. The summed E-state index contributed by atoms with van der Waals surface area (Å²) in [6, 6.07) is 2.02. The molecule has 0 N–H and O–H groups in total. The number of ether oxygens (including phenoxy) is 1. The number of carbonyl (C=O) groups excluding carboxylic acids is 2. The van der Waals surface area contributed by atoms with Gasteiger partial charge in [-0.15, -0.1) is 5.10 Å². The second-order valence-electron chi connectivity index (χ2n) is 12.9. The Labute approximate surface area is 286 Å². The molecule has 0 radical (unpaired) electrons. The number of carbonyl (C=O) groups is 2. The molecule has 0 bridgehead atoms. The van der Waals surface area contributed by atoms with E-state index >= 15 is 0 Å². The summed E-state index contributed by atoms with van der Waals surface area (Å²) in [4.78, 5) is 29.7. The number of fused-ring (bicyclic) bond motifs is 1. The van der Waals surface area contributed by atoms with E-state index in [0.29, 0.717) is 37.8 Å². The normalized spacial score (nSPS) is 21.3. The summed E-state index contributed by atoms with van der Waals surface area (Å²) in [6.45, 7) is 2.93. The van der Waals surface area contributed by atoms with E-state index in [2.05, 4.69) is 15.4 Å². The van der Waals surface area contributed by atoms with Gasteiger partial charge >= 0.3 is 24.5 Å². The Balaban J connectivity index is 1.55. The average Bonchev–Trinajstić information content (AvgIpc) is 3.47. The third kappa shape index (κ3) is 8.57. The average molecular weight is 735 g/mol. The van der Waals surface area contributed by atoms with E-state index in [-0.39, 0.29) is 60.5 Å². The number of nitrogens with zero attached hydrogens (tertiary/aromatic N) is 6. The van der Waals surface area contributed by atoms with Gasteiger partial charge in [0, 0.05) is 30.6 Å². The fourth-order valence-corrected chi connectivity index (χ4v) is 6.92. The van der Waals surface area contributed by atoms with Crippen LogP contribution in [0.1, 0.15) is 86.2 Å². The molecule has 51 heavy (non-hydrogen) atoms. The minimum absolute atomic E-state index is 0.0136. The molecule has 0 spiro atoms. The highest BCUT2D eigenvalue weighted by atomic mass is 19.4. The van der Waals surface area contributed by atoms with Crippen molar-refractivity contribution in [1.29, 1.82) is 0 Å². The molecule has 1 saturated carbocycles. The van der Waals surface area contributed by atoms with Crippen molar-refractivity contribution >= 4 is 23.5 Å². The van der Waals surface area contributed by atoms with Crippen LogP contribution < -0.4 is 9.80 Å². The van der Waals surface area contributed by atoms with Crippen molar-refractivity contribution in [1.82, 2.24) is 20.2 Å². The molecule has 278 valence electrons.